The van der Waals surface area contributed by atoms with E-state index < -0.39 is 0 Å². The highest BCUT2D eigenvalue weighted by atomic mass is 16.5. The van der Waals surface area contributed by atoms with Crippen LogP contribution < -0.4 is 9.47 Å². The zero-order valence-electron chi connectivity index (χ0n) is 27.7. The Bertz CT molecular complexity index is 1650. The SMILES string of the molecule is C=Cc1ccc(OC(C)=O)cc1.C=Cc1ccc2c(c1)CC2.CCC(CC(C)c1ccc(OC(C)=O)cc1)c1ccc2c(c1)CC2. The molecule has 4 aromatic carbocycles. The van der Waals surface area contributed by atoms with Crippen LogP contribution >= 0.6 is 0 Å². The summed E-state index contributed by atoms with van der Waals surface area (Å²) >= 11 is 0. The highest BCUT2D eigenvalue weighted by molar-refractivity contribution is 5.69. The summed E-state index contributed by atoms with van der Waals surface area (Å²) in [7, 11) is 0. The number of benzene rings is 4. The number of esters is 2. The molecule has 2 unspecified atom stereocenters. The van der Waals surface area contributed by atoms with Gasteiger partial charge in [0.05, 0.1) is 0 Å². The van der Waals surface area contributed by atoms with Crippen LogP contribution in [0, 0.1) is 0 Å². The first-order valence-corrected chi connectivity index (χ1v) is 16.2. The maximum absolute atomic E-state index is 11.0. The molecule has 0 saturated heterocycles. The fraction of sp³-hybridized carbons (Fsp3) is 0.286. The molecule has 0 aromatic heterocycles. The van der Waals surface area contributed by atoms with Crippen LogP contribution in [-0.4, -0.2) is 11.9 Å². The van der Waals surface area contributed by atoms with Gasteiger partial charge in [-0.2, -0.15) is 0 Å². The van der Waals surface area contributed by atoms with Crippen molar-refractivity contribution in [2.45, 2.75) is 78.1 Å². The standard InChI is InChI=1S/C22H26O2.C10H10O2.C10H10/c1-4-17(20-7-5-19-6-8-21(19)14-20)13-15(2)18-9-11-22(12-10-18)24-16(3)23;1-3-9-4-6-10(7-5-9)12-8(2)11;1-2-8-3-4-9-5-6-10(9)7-8/h5,7,9-12,14-15,17H,4,6,8,13H2,1-3H3;3-7H,1H2,2H3;2-4,7H,1,5-6H2. The van der Waals surface area contributed by atoms with Crippen LogP contribution in [0.5, 0.6) is 11.5 Å². The molecule has 0 fully saturated rings. The van der Waals surface area contributed by atoms with Gasteiger partial charge in [-0.05, 0) is 119 Å². The molecule has 6 rings (SSSR count). The minimum Gasteiger partial charge on any atom is -0.427 e. The Balaban J connectivity index is 0.000000180. The molecule has 0 spiro atoms. The van der Waals surface area contributed by atoms with Crippen molar-refractivity contribution >= 4 is 24.1 Å². The lowest BCUT2D eigenvalue weighted by molar-refractivity contribution is -0.132. The van der Waals surface area contributed by atoms with Crippen LogP contribution in [0.4, 0.5) is 0 Å². The van der Waals surface area contributed by atoms with E-state index >= 15 is 0 Å². The highest BCUT2D eigenvalue weighted by Crippen LogP contribution is 2.35. The Kier molecular flexibility index (Phi) is 12.3. The Morgan fingerprint density at radius 2 is 1.11 bits per heavy atom. The van der Waals surface area contributed by atoms with E-state index in [4.69, 9.17) is 9.47 Å². The zero-order chi connectivity index (χ0) is 33.1. The van der Waals surface area contributed by atoms with Gasteiger partial charge in [0.15, 0.2) is 0 Å². The van der Waals surface area contributed by atoms with Crippen molar-refractivity contribution in [3.05, 3.63) is 143 Å². The topological polar surface area (TPSA) is 52.6 Å². The first-order valence-electron chi connectivity index (χ1n) is 16.2. The number of rotatable bonds is 9. The normalized spacial score (nSPS) is 13.2. The van der Waals surface area contributed by atoms with Gasteiger partial charge >= 0.3 is 11.9 Å². The molecule has 4 aromatic rings. The van der Waals surface area contributed by atoms with Crippen molar-refractivity contribution in [1.29, 1.82) is 0 Å². The lowest BCUT2D eigenvalue weighted by Gasteiger charge is -2.25. The van der Waals surface area contributed by atoms with Gasteiger partial charge in [0.1, 0.15) is 11.5 Å². The lowest BCUT2D eigenvalue weighted by atomic mass is 9.80. The van der Waals surface area contributed by atoms with Crippen molar-refractivity contribution in [2.24, 2.45) is 0 Å². The lowest BCUT2D eigenvalue weighted by Crippen LogP contribution is -2.11. The van der Waals surface area contributed by atoms with Gasteiger partial charge in [0, 0.05) is 13.8 Å². The molecule has 2 atom stereocenters. The minimum absolute atomic E-state index is 0.275. The van der Waals surface area contributed by atoms with Gasteiger partial charge < -0.3 is 9.47 Å². The van der Waals surface area contributed by atoms with Gasteiger partial charge in [-0.25, -0.2) is 0 Å². The average molecular weight is 615 g/mol. The Morgan fingerprint density at radius 1 is 0.652 bits per heavy atom. The summed E-state index contributed by atoms with van der Waals surface area (Å²) in [6.45, 7) is 14.7. The summed E-state index contributed by atoms with van der Waals surface area (Å²) in [5.41, 5.74) is 11.1. The maximum atomic E-state index is 11.0. The van der Waals surface area contributed by atoms with E-state index in [9.17, 15) is 9.59 Å². The van der Waals surface area contributed by atoms with Gasteiger partial charge in [-0.1, -0.05) is 99.8 Å². The number of hydrogen-bond acceptors (Lipinski definition) is 4. The van der Waals surface area contributed by atoms with Crippen molar-refractivity contribution in [1.82, 2.24) is 0 Å². The number of ether oxygens (including phenoxy) is 2. The Labute approximate surface area is 274 Å². The summed E-state index contributed by atoms with van der Waals surface area (Å²) in [6, 6.07) is 28.7. The molecular weight excluding hydrogens is 568 g/mol. The van der Waals surface area contributed by atoms with E-state index in [0.717, 1.165) is 18.4 Å². The molecule has 4 heteroatoms. The minimum atomic E-state index is -0.304. The van der Waals surface area contributed by atoms with Crippen LogP contribution in [-0.2, 0) is 35.3 Å². The van der Waals surface area contributed by atoms with E-state index in [-0.39, 0.29) is 11.9 Å². The summed E-state index contributed by atoms with van der Waals surface area (Å²) in [5.74, 6) is 1.68. The second-order valence-electron chi connectivity index (χ2n) is 12.0. The van der Waals surface area contributed by atoms with Crippen molar-refractivity contribution in [3.8, 4) is 11.5 Å². The second-order valence-corrected chi connectivity index (χ2v) is 12.0. The summed E-state index contributed by atoms with van der Waals surface area (Å²) < 4.78 is 9.95. The molecule has 4 nitrogen and oxygen atoms in total. The van der Waals surface area contributed by atoms with Crippen molar-refractivity contribution in [2.75, 3.05) is 0 Å². The molecule has 0 aliphatic heterocycles. The molecule has 0 bridgehead atoms. The van der Waals surface area contributed by atoms with Crippen LogP contribution in [0.3, 0.4) is 0 Å². The fourth-order valence-corrected chi connectivity index (χ4v) is 5.78. The van der Waals surface area contributed by atoms with Gasteiger partial charge in [0.25, 0.3) is 0 Å². The second kappa shape index (κ2) is 16.6. The predicted octanol–water partition coefficient (Wildman–Crippen LogP) is 10.1. The average Bonchev–Trinajstić information content (AvgIpc) is 3.02. The van der Waals surface area contributed by atoms with E-state index in [1.807, 2.05) is 30.3 Å². The molecule has 238 valence electrons. The molecular formula is C42H46O4. The summed E-state index contributed by atoms with van der Waals surface area (Å²) in [4.78, 5) is 21.5. The molecule has 0 saturated carbocycles. The van der Waals surface area contributed by atoms with E-state index in [1.54, 1.807) is 23.8 Å². The first kappa shape index (κ1) is 34.2. The quantitative estimate of drug-likeness (QED) is 0.139. The van der Waals surface area contributed by atoms with Crippen LogP contribution in [0.15, 0.2) is 98.1 Å². The number of hydrogen-bond donors (Lipinski definition) is 0. The number of aryl methyl sites for hydroxylation is 4. The third-order valence-corrected chi connectivity index (χ3v) is 8.71. The van der Waals surface area contributed by atoms with Gasteiger partial charge in [0.2, 0.25) is 0 Å². The van der Waals surface area contributed by atoms with Gasteiger partial charge in [-0.15, -0.1) is 0 Å². The largest absolute Gasteiger partial charge is 0.427 e. The predicted molar refractivity (Wildman–Crippen MR) is 189 cm³/mol. The molecule has 0 N–H and O–H groups in total. The molecule has 0 radical (unpaired) electrons. The molecule has 46 heavy (non-hydrogen) atoms. The smallest absolute Gasteiger partial charge is 0.308 e. The van der Waals surface area contributed by atoms with E-state index in [2.05, 4.69) is 75.5 Å². The number of fused-ring (bicyclic) bond motifs is 2. The van der Waals surface area contributed by atoms with E-state index in [0.29, 0.717) is 23.3 Å². The fourth-order valence-electron chi connectivity index (χ4n) is 5.78. The Morgan fingerprint density at radius 3 is 1.54 bits per heavy atom. The maximum Gasteiger partial charge on any atom is 0.308 e. The van der Waals surface area contributed by atoms with Crippen molar-refractivity contribution < 1.29 is 19.1 Å². The van der Waals surface area contributed by atoms with Crippen LogP contribution in [0.2, 0.25) is 0 Å². The van der Waals surface area contributed by atoms with Crippen LogP contribution in [0.1, 0.15) is 96.9 Å². The summed E-state index contributed by atoms with van der Waals surface area (Å²) in [5, 5.41) is 0. The zero-order valence-corrected chi connectivity index (χ0v) is 27.7. The highest BCUT2D eigenvalue weighted by Gasteiger charge is 2.19. The van der Waals surface area contributed by atoms with Gasteiger partial charge in [-0.3, -0.25) is 9.59 Å². The third kappa shape index (κ3) is 9.65. The molecule has 2 aliphatic carbocycles. The van der Waals surface area contributed by atoms with E-state index in [1.165, 1.54) is 72.9 Å². The Hall–Kier alpha value is -4.70. The number of carbonyl (C=O) groups is 2. The molecule has 2 aliphatic rings. The molecule has 0 heterocycles. The van der Waals surface area contributed by atoms with Crippen LogP contribution in [0.25, 0.3) is 12.2 Å². The first-order chi connectivity index (χ1) is 22.2. The third-order valence-electron chi connectivity index (χ3n) is 8.71. The molecule has 0 amide bonds. The number of carbonyl (C=O) groups excluding carboxylic acids is 2. The summed E-state index contributed by atoms with van der Waals surface area (Å²) in [6.07, 6.45) is 11.0. The monoisotopic (exact) mass is 614 g/mol. The van der Waals surface area contributed by atoms with Crippen molar-refractivity contribution in [3.63, 3.8) is 0 Å².